The minimum absolute atomic E-state index is 0.264. The van der Waals surface area contributed by atoms with Gasteiger partial charge in [-0.05, 0) is 32.6 Å². The van der Waals surface area contributed by atoms with Gasteiger partial charge in [0.25, 0.3) is 0 Å². The van der Waals surface area contributed by atoms with Crippen LogP contribution in [0.2, 0.25) is 0 Å². The molecule has 1 saturated heterocycles. The lowest BCUT2D eigenvalue weighted by molar-refractivity contribution is -0.157. The molecular formula is C19H34F3N5O. The third kappa shape index (κ3) is 7.85. The molecule has 2 N–H and O–H groups in total. The van der Waals surface area contributed by atoms with Gasteiger partial charge in [-0.3, -0.25) is 4.79 Å². The predicted octanol–water partition coefficient (Wildman–Crippen LogP) is 2.36. The zero-order valence-corrected chi connectivity index (χ0v) is 17.0. The Morgan fingerprint density at radius 1 is 1.14 bits per heavy atom. The molecule has 0 atom stereocenters. The summed E-state index contributed by atoms with van der Waals surface area (Å²) in [5.74, 6) is -0.158. The van der Waals surface area contributed by atoms with Gasteiger partial charge in [-0.2, -0.15) is 13.2 Å². The van der Waals surface area contributed by atoms with Gasteiger partial charge in [-0.15, -0.1) is 0 Å². The van der Waals surface area contributed by atoms with Crippen molar-refractivity contribution in [2.45, 2.75) is 70.1 Å². The van der Waals surface area contributed by atoms with Crippen LogP contribution in [0.1, 0.15) is 51.9 Å². The van der Waals surface area contributed by atoms with Gasteiger partial charge in [0.1, 0.15) is 13.1 Å². The fourth-order valence-electron chi connectivity index (χ4n) is 3.99. The number of halogens is 3. The number of rotatable bonds is 6. The van der Waals surface area contributed by atoms with Crippen LogP contribution >= 0.6 is 0 Å². The van der Waals surface area contributed by atoms with Crippen LogP contribution in [-0.2, 0) is 4.79 Å². The van der Waals surface area contributed by atoms with E-state index in [1.54, 1.807) is 0 Å². The molecule has 1 aliphatic carbocycles. The summed E-state index contributed by atoms with van der Waals surface area (Å²) in [7, 11) is 1.15. The molecule has 9 heteroatoms. The van der Waals surface area contributed by atoms with Gasteiger partial charge in [0, 0.05) is 38.8 Å². The first-order chi connectivity index (χ1) is 13.3. The van der Waals surface area contributed by atoms with E-state index in [0.717, 1.165) is 39.0 Å². The summed E-state index contributed by atoms with van der Waals surface area (Å²) in [6.45, 7) is 3.08. The number of guanidine groups is 1. The van der Waals surface area contributed by atoms with Crippen LogP contribution in [0, 0.1) is 0 Å². The number of likely N-dealkylation sites (tertiary alicyclic amines) is 1. The summed E-state index contributed by atoms with van der Waals surface area (Å²) < 4.78 is 37.2. The van der Waals surface area contributed by atoms with Gasteiger partial charge in [0.2, 0.25) is 5.91 Å². The molecule has 2 aliphatic rings. The molecule has 0 aromatic rings. The molecule has 0 aromatic carbocycles. The highest BCUT2D eigenvalue weighted by Gasteiger charge is 2.31. The second kappa shape index (κ2) is 10.9. The molecule has 28 heavy (non-hydrogen) atoms. The molecule has 162 valence electrons. The van der Waals surface area contributed by atoms with Gasteiger partial charge in [-0.25, -0.2) is 4.99 Å². The monoisotopic (exact) mass is 405 g/mol. The van der Waals surface area contributed by atoms with Crippen molar-refractivity contribution in [2.24, 2.45) is 4.99 Å². The number of carbonyl (C=O) groups excluding carboxylic acids is 1. The lowest BCUT2D eigenvalue weighted by Crippen LogP contribution is -2.51. The van der Waals surface area contributed by atoms with Crippen LogP contribution in [-0.4, -0.2) is 79.7 Å². The Labute approximate surface area is 165 Å². The van der Waals surface area contributed by atoms with Gasteiger partial charge >= 0.3 is 6.18 Å². The maximum Gasteiger partial charge on any atom is 0.406 e. The molecular weight excluding hydrogens is 371 g/mol. The van der Waals surface area contributed by atoms with Gasteiger partial charge < -0.3 is 20.4 Å². The van der Waals surface area contributed by atoms with Crippen LogP contribution in [0.4, 0.5) is 13.2 Å². The van der Waals surface area contributed by atoms with Crippen LogP contribution in [0.15, 0.2) is 4.99 Å². The highest BCUT2D eigenvalue weighted by atomic mass is 19.4. The summed E-state index contributed by atoms with van der Waals surface area (Å²) in [5.41, 5.74) is 0. The summed E-state index contributed by atoms with van der Waals surface area (Å²) in [5, 5.41) is 6.42. The highest BCUT2D eigenvalue weighted by molar-refractivity contribution is 5.85. The fraction of sp³-hybridized carbons (Fsp3) is 0.895. The van der Waals surface area contributed by atoms with Crippen molar-refractivity contribution in [1.29, 1.82) is 0 Å². The van der Waals surface area contributed by atoms with Crippen molar-refractivity contribution < 1.29 is 18.0 Å². The molecule has 0 bridgehead atoms. The standard InChI is InChI=1S/C19H34F3N5O/c1-3-23-18(24-13-17(28)26(2)14-19(20,21)22)25-15-9-11-27(12-10-15)16-7-5-4-6-8-16/h15-16H,3-14H2,1-2H3,(H2,23,24,25). The molecule has 0 radical (unpaired) electrons. The second-order valence-electron chi connectivity index (χ2n) is 7.81. The molecule has 6 nitrogen and oxygen atoms in total. The van der Waals surface area contributed by atoms with E-state index in [4.69, 9.17) is 0 Å². The summed E-state index contributed by atoms with van der Waals surface area (Å²) in [4.78, 5) is 19.3. The first kappa shape index (κ1) is 22.8. The number of nitrogens with zero attached hydrogens (tertiary/aromatic N) is 3. The molecule has 2 rings (SSSR count). The number of carbonyl (C=O) groups is 1. The van der Waals surface area contributed by atoms with Gasteiger partial charge in [0.05, 0.1) is 0 Å². The smallest absolute Gasteiger partial charge is 0.357 e. The molecule has 1 aliphatic heterocycles. The lowest BCUT2D eigenvalue weighted by atomic mass is 9.92. The number of hydrogen-bond acceptors (Lipinski definition) is 3. The average molecular weight is 406 g/mol. The van der Waals surface area contributed by atoms with Crippen molar-refractivity contribution in [3.63, 3.8) is 0 Å². The van der Waals surface area contributed by atoms with Crippen LogP contribution < -0.4 is 10.6 Å². The normalized spacial score (nSPS) is 20.8. The Hall–Kier alpha value is -1.51. The Bertz CT molecular complexity index is 512. The maximum absolute atomic E-state index is 12.4. The molecule has 0 aromatic heterocycles. The average Bonchev–Trinajstić information content (AvgIpc) is 2.66. The van der Waals surface area contributed by atoms with Crippen LogP contribution in [0.5, 0.6) is 0 Å². The Morgan fingerprint density at radius 2 is 1.79 bits per heavy atom. The van der Waals surface area contributed by atoms with E-state index in [0.29, 0.717) is 17.4 Å². The summed E-state index contributed by atoms with van der Waals surface area (Å²) in [6, 6.07) is 0.985. The highest BCUT2D eigenvalue weighted by Crippen LogP contribution is 2.25. The minimum atomic E-state index is -4.40. The largest absolute Gasteiger partial charge is 0.406 e. The third-order valence-electron chi connectivity index (χ3n) is 5.52. The molecule has 1 amide bonds. The molecule has 0 spiro atoms. The SMILES string of the molecule is CCNC(=NCC(=O)N(C)CC(F)(F)F)NC1CCN(C2CCCCC2)CC1. The molecule has 2 fully saturated rings. The zero-order valence-electron chi connectivity index (χ0n) is 17.0. The molecule has 1 heterocycles. The van der Waals surface area contributed by atoms with E-state index < -0.39 is 18.6 Å². The number of piperidine rings is 1. The lowest BCUT2D eigenvalue weighted by Gasteiger charge is -2.39. The van der Waals surface area contributed by atoms with Crippen LogP contribution in [0.25, 0.3) is 0 Å². The first-order valence-electron chi connectivity index (χ1n) is 10.4. The molecule has 0 unspecified atom stereocenters. The van der Waals surface area contributed by atoms with Crippen molar-refractivity contribution in [3.05, 3.63) is 0 Å². The summed E-state index contributed by atoms with van der Waals surface area (Å²) in [6.07, 6.45) is 4.22. The minimum Gasteiger partial charge on any atom is -0.357 e. The second-order valence-corrected chi connectivity index (χ2v) is 7.81. The van der Waals surface area contributed by atoms with Gasteiger partial charge in [0.15, 0.2) is 5.96 Å². The van der Waals surface area contributed by atoms with Gasteiger partial charge in [-0.1, -0.05) is 19.3 Å². The maximum atomic E-state index is 12.4. The quantitative estimate of drug-likeness (QED) is 0.526. The van der Waals surface area contributed by atoms with E-state index >= 15 is 0 Å². The first-order valence-corrected chi connectivity index (χ1v) is 10.4. The van der Waals surface area contributed by atoms with Crippen molar-refractivity contribution in [3.8, 4) is 0 Å². The zero-order chi connectivity index (χ0) is 20.6. The Balaban J connectivity index is 1.80. The number of amides is 1. The Kier molecular flexibility index (Phi) is 8.85. The third-order valence-corrected chi connectivity index (χ3v) is 5.52. The van der Waals surface area contributed by atoms with Crippen molar-refractivity contribution >= 4 is 11.9 Å². The van der Waals surface area contributed by atoms with E-state index in [1.807, 2.05) is 6.92 Å². The Morgan fingerprint density at radius 3 is 2.36 bits per heavy atom. The number of likely N-dealkylation sites (N-methyl/N-ethyl adjacent to an activating group) is 1. The molecule has 1 saturated carbocycles. The topological polar surface area (TPSA) is 60.0 Å². The van der Waals surface area contributed by atoms with Crippen molar-refractivity contribution in [2.75, 3.05) is 39.8 Å². The van der Waals surface area contributed by atoms with Crippen molar-refractivity contribution in [1.82, 2.24) is 20.4 Å². The fourth-order valence-corrected chi connectivity index (χ4v) is 3.99. The van der Waals surface area contributed by atoms with Crippen LogP contribution in [0.3, 0.4) is 0 Å². The van der Waals surface area contributed by atoms with E-state index in [9.17, 15) is 18.0 Å². The number of nitrogens with one attached hydrogen (secondary N) is 2. The summed E-state index contributed by atoms with van der Waals surface area (Å²) >= 11 is 0. The number of hydrogen-bond donors (Lipinski definition) is 2. The van der Waals surface area contributed by atoms with E-state index in [-0.39, 0.29) is 12.6 Å². The number of aliphatic imine (C=N–C) groups is 1. The van der Waals surface area contributed by atoms with E-state index in [2.05, 4.69) is 20.5 Å². The number of alkyl halides is 3. The predicted molar refractivity (Wildman–Crippen MR) is 104 cm³/mol. The van der Waals surface area contributed by atoms with E-state index in [1.165, 1.54) is 32.1 Å².